The first kappa shape index (κ1) is 18.9. The Kier molecular flexibility index (Phi) is 5.39. The molecule has 0 atom stereocenters. The van der Waals surface area contributed by atoms with E-state index in [9.17, 15) is 9.90 Å². The molecule has 4 rings (SSSR count). The third-order valence-corrected chi connectivity index (χ3v) is 4.89. The van der Waals surface area contributed by atoms with Crippen molar-refractivity contribution in [2.45, 2.75) is 18.7 Å². The molecule has 0 aliphatic carbocycles. The van der Waals surface area contributed by atoms with E-state index in [0.29, 0.717) is 29.1 Å². The average Bonchev–Trinajstić information content (AvgIpc) is 3.35. The van der Waals surface area contributed by atoms with Crippen LogP contribution in [0.1, 0.15) is 17.0 Å². The number of rotatable bonds is 7. The van der Waals surface area contributed by atoms with Gasteiger partial charge in [0.2, 0.25) is 11.9 Å². The highest BCUT2D eigenvalue weighted by molar-refractivity contribution is 8.04. The molecule has 2 aromatic carbocycles. The lowest BCUT2D eigenvalue weighted by Gasteiger charge is -2.07. The number of H-pyrrole nitrogens is 1. The molecule has 29 heavy (non-hydrogen) atoms. The van der Waals surface area contributed by atoms with Gasteiger partial charge in [0.25, 0.3) is 0 Å². The molecule has 1 aromatic heterocycles. The van der Waals surface area contributed by atoms with Crippen LogP contribution in [0.5, 0.6) is 17.2 Å². The van der Waals surface area contributed by atoms with E-state index < -0.39 is 5.97 Å². The maximum absolute atomic E-state index is 11.5. The second kappa shape index (κ2) is 8.27. The van der Waals surface area contributed by atoms with Gasteiger partial charge in [0.05, 0.1) is 0 Å². The molecule has 0 bridgehead atoms. The Morgan fingerprint density at radius 2 is 2.03 bits per heavy atom. The van der Waals surface area contributed by atoms with E-state index in [4.69, 9.17) is 14.2 Å². The van der Waals surface area contributed by atoms with Crippen LogP contribution >= 0.6 is 11.8 Å². The van der Waals surface area contributed by atoms with Crippen molar-refractivity contribution in [3.63, 3.8) is 0 Å². The third kappa shape index (κ3) is 4.69. The van der Waals surface area contributed by atoms with Gasteiger partial charge < -0.3 is 19.3 Å². The fraction of sp³-hybridized carbons (Fsp3) is 0.150. The highest BCUT2D eigenvalue weighted by atomic mass is 32.2. The molecular weight excluding hydrogens is 394 g/mol. The summed E-state index contributed by atoms with van der Waals surface area (Å²) in [4.78, 5) is 15.8. The van der Waals surface area contributed by atoms with Crippen LogP contribution in [0.4, 0.5) is 0 Å². The van der Waals surface area contributed by atoms with Crippen LogP contribution in [0.15, 0.2) is 52.5 Å². The summed E-state index contributed by atoms with van der Waals surface area (Å²) in [6, 6.07) is 12.8. The van der Waals surface area contributed by atoms with Crippen LogP contribution in [-0.4, -0.2) is 33.1 Å². The summed E-state index contributed by atoms with van der Waals surface area (Å²) in [6.07, 6.45) is 1.57. The fourth-order valence-electron chi connectivity index (χ4n) is 2.61. The first-order chi connectivity index (χ1) is 14.1. The molecule has 0 amide bonds. The van der Waals surface area contributed by atoms with Crippen molar-refractivity contribution in [3.8, 4) is 17.2 Å². The molecule has 0 saturated carbocycles. The van der Waals surface area contributed by atoms with Crippen LogP contribution in [0, 0.1) is 6.92 Å². The third-order valence-electron chi connectivity index (χ3n) is 4.01. The molecule has 0 spiro atoms. The van der Waals surface area contributed by atoms with Crippen molar-refractivity contribution in [1.82, 2.24) is 15.2 Å². The van der Waals surface area contributed by atoms with Crippen molar-refractivity contribution >= 4 is 23.8 Å². The lowest BCUT2D eigenvalue weighted by atomic mass is 10.2. The van der Waals surface area contributed by atoms with Crippen LogP contribution < -0.4 is 14.2 Å². The number of carbonyl (C=O) groups is 1. The van der Waals surface area contributed by atoms with Gasteiger partial charge in [-0.1, -0.05) is 18.2 Å². The van der Waals surface area contributed by atoms with E-state index >= 15 is 0 Å². The second-order valence-electron chi connectivity index (χ2n) is 6.16. The number of aryl methyl sites for hydroxylation is 1. The monoisotopic (exact) mass is 411 g/mol. The second-order valence-corrected chi connectivity index (χ2v) is 7.17. The lowest BCUT2D eigenvalue weighted by Crippen LogP contribution is -1.97. The SMILES string of the molecule is Cc1nc(S/C(=C\c2ccc(OCc3ccc4c(c3)OCO4)cc2)C(=O)O)n[nH]1. The molecule has 1 aliphatic heterocycles. The zero-order valence-corrected chi connectivity index (χ0v) is 16.2. The van der Waals surface area contributed by atoms with Crippen LogP contribution in [0.25, 0.3) is 6.08 Å². The van der Waals surface area contributed by atoms with Gasteiger partial charge in [-0.2, -0.15) is 0 Å². The van der Waals surface area contributed by atoms with Gasteiger partial charge in [-0.25, -0.2) is 9.78 Å². The maximum Gasteiger partial charge on any atom is 0.342 e. The van der Waals surface area contributed by atoms with Crippen LogP contribution in [-0.2, 0) is 11.4 Å². The van der Waals surface area contributed by atoms with Gasteiger partial charge >= 0.3 is 5.97 Å². The molecule has 2 N–H and O–H groups in total. The molecule has 3 aromatic rings. The first-order valence-corrected chi connectivity index (χ1v) is 9.52. The summed E-state index contributed by atoms with van der Waals surface area (Å²) in [7, 11) is 0. The van der Waals surface area contributed by atoms with E-state index in [1.54, 1.807) is 37.3 Å². The molecule has 148 valence electrons. The Morgan fingerprint density at radius 1 is 1.24 bits per heavy atom. The maximum atomic E-state index is 11.5. The molecule has 9 heteroatoms. The summed E-state index contributed by atoms with van der Waals surface area (Å²) in [6.45, 7) is 2.37. The Balaban J connectivity index is 1.41. The zero-order valence-electron chi connectivity index (χ0n) is 15.4. The standard InChI is InChI=1S/C20H17N3O5S/c1-12-21-20(23-22-12)29-18(19(24)25)9-13-2-5-15(6-3-13)26-10-14-4-7-16-17(8-14)28-11-27-16/h2-9H,10-11H2,1H3,(H,24,25)(H,21,22,23)/b18-9-. The molecule has 0 radical (unpaired) electrons. The van der Waals surface area contributed by atoms with E-state index in [-0.39, 0.29) is 11.7 Å². The zero-order chi connectivity index (χ0) is 20.2. The minimum atomic E-state index is -1.04. The predicted octanol–water partition coefficient (Wildman–Crippen LogP) is 3.64. The van der Waals surface area contributed by atoms with Crippen molar-refractivity contribution in [3.05, 3.63) is 64.3 Å². The number of nitrogens with zero attached hydrogens (tertiary/aromatic N) is 2. The Morgan fingerprint density at radius 3 is 2.76 bits per heavy atom. The molecule has 8 nitrogen and oxygen atoms in total. The number of hydrogen-bond acceptors (Lipinski definition) is 7. The average molecular weight is 411 g/mol. The van der Waals surface area contributed by atoms with Gasteiger partial charge in [-0.15, -0.1) is 5.10 Å². The summed E-state index contributed by atoms with van der Waals surface area (Å²) >= 11 is 0.989. The Bertz CT molecular complexity index is 1060. The minimum Gasteiger partial charge on any atom is -0.489 e. The van der Waals surface area contributed by atoms with E-state index in [0.717, 1.165) is 28.6 Å². The van der Waals surface area contributed by atoms with Crippen molar-refractivity contribution in [2.24, 2.45) is 0 Å². The number of fused-ring (bicyclic) bond motifs is 1. The summed E-state index contributed by atoms with van der Waals surface area (Å²) in [5.41, 5.74) is 1.70. The summed E-state index contributed by atoms with van der Waals surface area (Å²) < 4.78 is 16.5. The molecule has 1 aliphatic rings. The fourth-order valence-corrected chi connectivity index (χ4v) is 3.36. The topological polar surface area (TPSA) is 107 Å². The largest absolute Gasteiger partial charge is 0.489 e. The number of hydrogen-bond donors (Lipinski definition) is 2. The number of benzene rings is 2. The quantitative estimate of drug-likeness (QED) is 0.448. The number of carboxylic acid groups (broad SMARTS) is 1. The van der Waals surface area contributed by atoms with Gasteiger partial charge in [-0.3, -0.25) is 5.10 Å². The minimum absolute atomic E-state index is 0.123. The molecule has 0 unspecified atom stereocenters. The highest BCUT2D eigenvalue weighted by Crippen LogP contribution is 2.33. The lowest BCUT2D eigenvalue weighted by molar-refractivity contribution is -0.131. The molecule has 0 fully saturated rings. The van der Waals surface area contributed by atoms with Crippen molar-refractivity contribution in [2.75, 3.05) is 6.79 Å². The predicted molar refractivity (Wildman–Crippen MR) is 106 cm³/mol. The summed E-state index contributed by atoms with van der Waals surface area (Å²) in [5.74, 6) is 1.71. The van der Waals surface area contributed by atoms with Crippen LogP contribution in [0.3, 0.4) is 0 Å². The number of nitrogens with one attached hydrogen (secondary N) is 1. The number of carboxylic acids is 1. The van der Waals surface area contributed by atoms with Crippen LogP contribution in [0.2, 0.25) is 0 Å². The van der Waals surface area contributed by atoms with E-state index in [1.165, 1.54) is 0 Å². The smallest absolute Gasteiger partial charge is 0.342 e. The number of aliphatic carboxylic acids is 1. The number of aromatic amines is 1. The van der Waals surface area contributed by atoms with Gasteiger partial charge in [0.15, 0.2) is 11.5 Å². The Labute approximate surface area is 170 Å². The Hall–Kier alpha value is -3.46. The molecule has 2 heterocycles. The van der Waals surface area contributed by atoms with E-state index in [2.05, 4.69) is 15.2 Å². The van der Waals surface area contributed by atoms with E-state index in [1.807, 2.05) is 18.2 Å². The number of ether oxygens (including phenoxy) is 3. The van der Waals surface area contributed by atoms with Gasteiger partial charge in [-0.05, 0) is 60.2 Å². The van der Waals surface area contributed by atoms with Gasteiger partial charge in [0.1, 0.15) is 23.1 Å². The molecule has 0 saturated heterocycles. The number of aromatic nitrogens is 3. The molecular formula is C20H17N3O5S. The van der Waals surface area contributed by atoms with Crippen molar-refractivity contribution < 1.29 is 24.1 Å². The van der Waals surface area contributed by atoms with Crippen molar-refractivity contribution in [1.29, 1.82) is 0 Å². The number of thioether (sulfide) groups is 1. The van der Waals surface area contributed by atoms with Gasteiger partial charge in [0, 0.05) is 0 Å². The normalized spacial score (nSPS) is 12.8. The highest BCUT2D eigenvalue weighted by Gasteiger charge is 2.14. The summed E-state index contributed by atoms with van der Waals surface area (Å²) in [5, 5.41) is 16.4. The first-order valence-electron chi connectivity index (χ1n) is 8.70.